The quantitative estimate of drug-likeness (QED) is 0.425. The number of rotatable bonds is 6. The molecule has 3 fully saturated rings. The normalized spacial score (nSPS) is 22.6. The maximum absolute atomic E-state index is 13.0. The molecule has 194 valence electrons. The minimum absolute atomic E-state index is 0.0200. The predicted molar refractivity (Wildman–Crippen MR) is 148 cm³/mol. The molecule has 3 aromatic rings. The molecule has 2 amide bonds. The van der Waals surface area contributed by atoms with E-state index < -0.39 is 0 Å². The minimum Gasteiger partial charge on any atom is -0.381 e. The Morgan fingerprint density at radius 1 is 0.946 bits per heavy atom. The van der Waals surface area contributed by atoms with Gasteiger partial charge in [-0.1, -0.05) is 62.4 Å². The van der Waals surface area contributed by atoms with Crippen molar-refractivity contribution in [2.24, 2.45) is 17.8 Å². The summed E-state index contributed by atoms with van der Waals surface area (Å²) in [6.07, 6.45) is 11.7. The van der Waals surface area contributed by atoms with Gasteiger partial charge >= 0.3 is 6.03 Å². The van der Waals surface area contributed by atoms with Crippen molar-refractivity contribution in [1.82, 2.24) is 9.88 Å². The minimum atomic E-state index is -0.128. The van der Waals surface area contributed by atoms with Crippen molar-refractivity contribution < 1.29 is 9.53 Å². The molecular weight excluding hydrogens is 462 g/mol. The molecule has 1 aromatic heterocycles. The van der Waals surface area contributed by atoms with Crippen molar-refractivity contribution in [3.63, 3.8) is 0 Å². The number of fused-ring (bicyclic) bond motifs is 1. The molecule has 2 N–H and O–H groups in total. The van der Waals surface area contributed by atoms with E-state index in [4.69, 9.17) is 4.74 Å². The third-order valence-corrected chi connectivity index (χ3v) is 8.69. The van der Waals surface area contributed by atoms with Crippen LogP contribution >= 0.6 is 0 Å². The van der Waals surface area contributed by atoms with Crippen LogP contribution in [-0.2, 0) is 11.3 Å². The van der Waals surface area contributed by atoms with Crippen molar-refractivity contribution in [1.29, 1.82) is 0 Å². The lowest BCUT2D eigenvalue weighted by Crippen LogP contribution is -2.32. The zero-order valence-electron chi connectivity index (χ0n) is 21.5. The number of aromatic nitrogens is 1. The van der Waals surface area contributed by atoms with E-state index in [0.29, 0.717) is 17.9 Å². The number of carbonyl (C=O) groups is 1. The van der Waals surface area contributed by atoms with Gasteiger partial charge in [0.2, 0.25) is 0 Å². The van der Waals surface area contributed by atoms with Crippen LogP contribution in [0.2, 0.25) is 0 Å². The van der Waals surface area contributed by atoms with Crippen molar-refractivity contribution >= 4 is 22.5 Å². The molecular formula is C31H37N3O3. The summed E-state index contributed by atoms with van der Waals surface area (Å²) in [5, 5.41) is 8.30. The van der Waals surface area contributed by atoms with Crippen molar-refractivity contribution in [3.8, 4) is 11.1 Å². The number of hydrogen-bond donors (Lipinski definition) is 2. The maximum Gasteiger partial charge on any atom is 0.319 e. The fourth-order valence-corrected chi connectivity index (χ4v) is 6.48. The Bertz CT molecular complexity index is 1320. The Labute approximate surface area is 218 Å². The number of pyridine rings is 1. The monoisotopic (exact) mass is 499 g/mol. The van der Waals surface area contributed by atoms with E-state index in [-0.39, 0.29) is 11.6 Å². The molecule has 6 nitrogen and oxygen atoms in total. The molecule has 6 heteroatoms. The van der Waals surface area contributed by atoms with Crippen LogP contribution in [0.1, 0.15) is 51.4 Å². The number of hydrogen-bond acceptors (Lipinski definition) is 3. The lowest BCUT2D eigenvalue weighted by Gasteiger charge is -2.22. The predicted octanol–water partition coefficient (Wildman–Crippen LogP) is 6.19. The Hall–Kier alpha value is -3.12. The van der Waals surface area contributed by atoms with Crippen LogP contribution in [0.3, 0.4) is 0 Å². The summed E-state index contributed by atoms with van der Waals surface area (Å²) < 4.78 is 7.27. The van der Waals surface area contributed by atoms with Crippen LogP contribution in [0.15, 0.2) is 59.5 Å². The number of anilines is 1. The van der Waals surface area contributed by atoms with Gasteiger partial charge in [0.15, 0.2) is 0 Å². The lowest BCUT2D eigenvalue weighted by molar-refractivity contribution is 0.0609. The fraction of sp³-hybridized carbons (Fsp3) is 0.484. The number of ether oxygens (including phenoxy) is 1. The first-order valence-electron chi connectivity index (χ1n) is 14.0. The molecule has 2 unspecified atom stereocenters. The molecule has 0 bridgehead atoms. The van der Waals surface area contributed by atoms with E-state index in [1.807, 2.05) is 47.2 Å². The highest BCUT2D eigenvalue weighted by Crippen LogP contribution is 2.44. The van der Waals surface area contributed by atoms with Gasteiger partial charge in [0.1, 0.15) is 0 Å². The Balaban J connectivity index is 1.17. The van der Waals surface area contributed by atoms with E-state index in [2.05, 4.69) is 16.7 Å². The van der Waals surface area contributed by atoms with Gasteiger partial charge in [0.05, 0.1) is 5.69 Å². The van der Waals surface area contributed by atoms with Gasteiger partial charge in [0, 0.05) is 43.4 Å². The van der Waals surface area contributed by atoms with Gasteiger partial charge in [-0.05, 0) is 65.7 Å². The zero-order chi connectivity index (χ0) is 25.2. The molecule has 0 radical (unpaired) electrons. The highest BCUT2D eigenvalue weighted by molar-refractivity contribution is 6.07. The molecule has 37 heavy (non-hydrogen) atoms. The SMILES string of the molecule is O=C(Nc1ccc(-c2ccn(CC3CCOCC3)c(=O)c2)c2ccccc12)NC1CC1C1CCCCC1. The largest absolute Gasteiger partial charge is 0.381 e. The molecule has 1 aliphatic heterocycles. The van der Waals surface area contributed by atoms with Crippen LogP contribution in [0.25, 0.3) is 21.9 Å². The first-order chi connectivity index (χ1) is 18.2. The van der Waals surface area contributed by atoms with E-state index in [0.717, 1.165) is 72.5 Å². The standard InChI is InChI=1S/C31H37N3O3/c35-30-18-23(12-15-34(30)20-21-13-16-37-17-14-21)24-10-11-28(26-9-5-4-8-25(24)26)32-31(36)33-29-19-27(29)22-6-2-1-3-7-22/h4-5,8-12,15,18,21-22,27,29H,1-3,6-7,13-14,16-17,19-20H2,(H2,32,33,36). The molecule has 2 aliphatic carbocycles. The molecule has 2 saturated carbocycles. The van der Waals surface area contributed by atoms with Gasteiger partial charge in [-0.25, -0.2) is 4.79 Å². The second kappa shape index (κ2) is 10.7. The molecule has 2 atom stereocenters. The van der Waals surface area contributed by atoms with Crippen LogP contribution in [-0.4, -0.2) is 29.9 Å². The smallest absolute Gasteiger partial charge is 0.319 e. The van der Waals surface area contributed by atoms with Gasteiger partial charge in [-0.15, -0.1) is 0 Å². The van der Waals surface area contributed by atoms with Crippen LogP contribution < -0.4 is 16.2 Å². The zero-order valence-corrected chi connectivity index (χ0v) is 21.5. The summed E-state index contributed by atoms with van der Waals surface area (Å²) in [6.45, 7) is 2.30. The molecule has 1 saturated heterocycles. The van der Waals surface area contributed by atoms with Crippen molar-refractivity contribution in [2.75, 3.05) is 18.5 Å². The van der Waals surface area contributed by atoms with Crippen LogP contribution in [0.5, 0.6) is 0 Å². The average molecular weight is 500 g/mol. The first-order valence-corrected chi connectivity index (χ1v) is 14.0. The van der Waals surface area contributed by atoms with Gasteiger partial charge in [-0.2, -0.15) is 0 Å². The van der Waals surface area contributed by atoms with Crippen molar-refractivity contribution in [3.05, 3.63) is 65.1 Å². The lowest BCUT2D eigenvalue weighted by atomic mass is 9.85. The number of nitrogens with zero attached hydrogens (tertiary/aromatic N) is 1. The number of benzene rings is 2. The number of carbonyl (C=O) groups excluding carboxylic acids is 1. The molecule has 2 heterocycles. The van der Waals surface area contributed by atoms with E-state index in [1.54, 1.807) is 6.07 Å². The molecule has 2 aromatic carbocycles. The number of nitrogens with one attached hydrogen (secondary N) is 2. The summed E-state index contributed by atoms with van der Waals surface area (Å²) >= 11 is 0. The fourth-order valence-electron chi connectivity index (χ4n) is 6.48. The van der Waals surface area contributed by atoms with Gasteiger partial charge < -0.3 is 19.9 Å². The van der Waals surface area contributed by atoms with Crippen LogP contribution in [0.4, 0.5) is 10.5 Å². The summed E-state index contributed by atoms with van der Waals surface area (Å²) in [5.41, 5.74) is 2.70. The second-order valence-electron chi connectivity index (χ2n) is 11.2. The maximum atomic E-state index is 13.0. The third kappa shape index (κ3) is 5.45. The van der Waals surface area contributed by atoms with Crippen LogP contribution in [0, 0.1) is 17.8 Å². The average Bonchev–Trinajstić information content (AvgIpc) is 3.70. The van der Waals surface area contributed by atoms with E-state index in [9.17, 15) is 9.59 Å². The Morgan fingerprint density at radius 2 is 1.73 bits per heavy atom. The molecule has 0 spiro atoms. The van der Waals surface area contributed by atoms with Gasteiger partial charge in [0.25, 0.3) is 5.56 Å². The summed E-state index contributed by atoms with van der Waals surface area (Å²) in [4.78, 5) is 25.8. The molecule has 3 aliphatic rings. The highest BCUT2D eigenvalue weighted by atomic mass is 16.5. The van der Waals surface area contributed by atoms with E-state index in [1.165, 1.54) is 32.1 Å². The van der Waals surface area contributed by atoms with Gasteiger partial charge in [-0.3, -0.25) is 4.79 Å². The van der Waals surface area contributed by atoms with E-state index >= 15 is 0 Å². The second-order valence-corrected chi connectivity index (χ2v) is 11.2. The molecule has 6 rings (SSSR count). The third-order valence-electron chi connectivity index (χ3n) is 8.69. The summed E-state index contributed by atoms with van der Waals surface area (Å²) in [7, 11) is 0. The Kier molecular flexibility index (Phi) is 7.01. The highest BCUT2D eigenvalue weighted by Gasteiger charge is 2.43. The van der Waals surface area contributed by atoms with Crippen molar-refractivity contribution in [2.45, 2.75) is 64.0 Å². The Morgan fingerprint density at radius 3 is 2.51 bits per heavy atom. The number of urea groups is 1. The summed E-state index contributed by atoms with van der Waals surface area (Å²) in [6, 6.07) is 16.0. The first kappa shape index (κ1) is 24.2. The number of amides is 2. The topological polar surface area (TPSA) is 72.4 Å². The summed E-state index contributed by atoms with van der Waals surface area (Å²) in [5.74, 6) is 1.92.